The Kier molecular flexibility index (Phi) is 7.73. The molecule has 0 unspecified atom stereocenters. The molecule has 0 bridgehead atoms. The fourth-order valence-electron chi connectivity index (χ4n) is 1.99. The Hall–Kier alpha value is -0.713. The van der Waals surface area contributed by atoms with Crippen LogP contribution < -0.4 is 5.32 Å². The van der Waals surface area contributed by atoms with Gasteiger partial charge < -0.3 is 9.74 Å². The first-order valence-electron chi connectivity index (χ1n) is 8.56. The minimum absolute atomic E-state index is 0.187. The average molecular weight is 323 g/mol. The van der Waals surface area contributed by atoms with Gasteiger partial charge in [-0.15, -0.1) is 0 Å². The van der Waals surface area contributed by atoms with Gasteiger partial charge >= 0.3 is 0 Å². The molecule has 0 spiro atoms. The predicted octanol–water partition coefficient (Wildman–Crippen LogP) is 4.92. The molecule has 0 saturated carbocycles. The number of rotatable bonds is 9. The van der Waals surface area contributed by atoms with E-state index in [4.69, 9.17) is 4.43 Å². The molecule has 126 valence electrons. The Morgan fingerprint density at radius 3 is 2.50 bits per heavy atom. The third-order valence-electron chi connectivity index (χ3n) is 4.63. The zero-order valence-corrected chi connectivity index (χ0v) is 16.3. The van der Waals surface area contributed by atoms with Crippen LogP contribution in [0.1, 0.15) is 58.7 Å². The van der Waals surface area contributed by atoms with Crippen LogP contribution in [0, 0.1) is 0 Å². The van der Waals surface area contributed by atoms with Crippen molar-refractivity contribution in [3.8, 4) is 0 Å². The summed E-state index contributed by atoms with van der Waals surface area (Å²) in [6.45, 7) is 15.4. The molecular formula is C18H34N2OSi. The second kappa shape index (κ2) is 8.80. The topological polar surface area (TPSA) is 34.1 Å². The van der Waals surface area contributed by atoms with Crippen molar-refractivity contribution >= 4 is 8.32 Å². The van der Waals surface area contributed by atoms with Crippen molar-refractivity contribution in [2.24, 2.45) is 0 Å². The maximum atomic E-state index is 6.40. The van der Waals surface area contributed by atoms with Crippen LogP contribution >= 0.6 is 0 Å². The summed E-state index contributed by atoms with van der Waals surface area (Å²) >= 11 is 0. The first-order valence-corrected chi connectivity index (χ1v) is 11.5. The summed E-state index contributed by atoms with van der Waals surface area (Å²) in [5.41, 5.74) is 1.08. The molecule has 1 rings (SSSR count). The number of nitrogens with one attached hydrogen (secondary N) is 1. The molecule has 1 atom stereocenters. The zero-order valence-electron chi connectivity index (χ0n) is 15.3. The van der Waals surface area contributed by atoms with Crippen LogP contribution in [0.15, 0.2) is 24.4 Å². The van der Waals surface area contributed by atoms with Crippen molar-refractivity contribution in [1.82, 2.24) is 10.3 Å². The first kappa shape index (κ1) is 19.3. The van der Waals surface area contributed by atoms with Crippen LogP contribution in [0.25, 0.3) is 0 Å². The van der Waals surface area contributed by atoms with Gasteiger partial charge in [-0.25, -0.2) is 0 Å². The molecule has 1 aromatic rings. The van der Waals surface area contributed by atoms with Crippen LogP contribution in [0.4, 0.5) is 0 Å². The number of nitrogens with zero attached hydrogens (tertiary/aromatic N) is 1. The molecule has 3 nitrogen and oxygen atoms in total. The van der Waals surface area contributed by atoms with Crippen LogP contribution in [0.3, 0.4) is 0 Å². The molecule has 0 amide bonds. The number of hydrogen-bond donors (Lipinski definition) is 1. The standard InChI is InChI=1S/C18H34N2OSi/c1-7-8-10-13-20-17(16-12-9-11-14-19-16)15-21-22(5,6)18(2,3)4/h9,11-12,14,17,20H,7-8,10,13,15H2,1-6H3/t17-/m1/s1. The van der Waals surface area contributed by atoms with Crippen molar-refractivity contribution in [1.29, 1.82) is 0 Å². The lowest BCUT2D eigenvalue weighted by atomic mass is 10.2. The predicted molar refractivity (Wildman–Crippen MR) is 97.7 cm³/mol. The van der Waals surface area contributed by atoms with Crippen LogP contribution in [0.2, 0.25) is 18.1 Å². The molecule has 0 fully saturated rings. The lowest BCUT2D eigenvalue weighted by molar-refractivity contribution is 0.241. The summed E-state index contributed by atoms with van der Waals surface area (Å²) in [7, 11) is -1.72. The van der Waals surface area contributed by atoms with Gasteiger partial charge in [0.25, 0.3) is 0 Å². The Bertz CT molecular complexity index is 415. The minimum atomic E-state index is -1.72. The summed E-state index contributed by atoms with van der Waals surface area (Å²) in [6, 6.07) is 6.29. The van der Waals surface area contributed by atoms with E-state index in [-0.39, 0.29) is 11.1 Å². The Balaban J connectivity index is 2.66. The third kappa shape index (κ3) is 6.19. The first-order chi connectivity index (χ1) is 10.3. The van der Waals surface area contributed by atoms with E-state index in [0.29, 0.717) is 6.61 Å². The van der Waals surface area contributed by atoms with Gasteiger partial charge in [0.2, 0.25) is 0 Å². The zero-order chi connectivity index (χ0) is 16.6. The van der Waals surface area contributed by atoms with Crippen molar-refractivity contribution in [2.45, 2.75) is 71.1 Å². The van der Waals surface area contributed by atoms with Crippen molar-refractivity contribution < 1.29 is 4.43 Å². The summed E-state index contributed by atoms with van der Waals surface area (Å²) < 4.78 is 6.40. The van der Waals surface area contributed by atoms with Gasteiger partial charge in [0.05, 0.1) is 18.3 Å². The number of aromatic nitrogens is 1. The van der Waals surface area contributed by atoms with Gasteiger partial charge in [0.1, 0.15) is 0 Å². The Morgan fingerprint density at radius 1 is 1.23 bits per heavy atom. The van der Waals surface area contributed by atoms with Crippen molar-refractivity contribution in [3.05, 3.63) is 30.1 Å². The fraction of sp³-hybridized carbons (Fsp3) is 0.722. The molecule has 4 heteroatoms. The Labute approximate surface area is 138 Å². The molecule has 0 saturated heterocycles. The largest absolute Gasteiger partial charge is 0.415 e. The average Bonchev–Trinajstić information content (AvgIpc) is 2.46. The van der Waals surface area contributed by atoms with E-state index in [1.54, 1.807) is 0 Å². The molecular weight excluding hydrogens is 288 g/mol. The number of pyridine rings is 1. The molecule has 0 aromatic carbocycles. The van der Waals surface area contributed by atoms with E-state index < -0.39 is 8.32 Å². The SMILES string of the molecule is CCCCCN[C@H](CO[Si](C)(C)C(C)(C)C)c1ccccn1. The molecule has 1 aromatic heterocycles. The second-order valence-corrected chi connectivity index (χ2v) is 12.3. The fourth-order valence-corrected chi connectivity index (χ4v) is 3.01. The molecule has 1 heterocycles. The van der Waals surface area contributed by atoms with E-state index in [1.165, 1.54) is 19.3 Å². The van der Waals surface area contributed by atoms with Gasteiger partial charge in [-0.05, 0) is 43.2 Å². The number of unbranched alkanes of at least 4 members (excludes halogenated alkanes) is 2. The summed E-state index contributed by atoms with van der Waals surface area (Å²) in [4.78, 5) is 4.51. The second-order valence-electron chi connectivity index (χ2n) is 7.54. The van der Waals surface area contributed by atoms with E-state index in [0.717, 1.165) is 12.2 Å². The van der Waals surface area contributed by atoms with Gasteiger partial charge in [0, 0.05) is 6.20 Å². The third-order valence-corrected chi connectivity index (χ3v) is 9.13. The quantitative estimate of drug-likeness (QED) is 0.517. The van der Waals surface area contributed by atoms with E-state index in [1.807, 2.05) is 12.3 Å². The Morgan fingerprint density at radius 2 is 1.95 bits per heavy atom. The lowest BCUT2D eigenvalue weighted by Crippen LogP contribution is -2.43. The molecule has 0 aliphatic carbocycles. The molecule has 1 N–H and O–H groups in total. The number of hydrogen-bond acceptors (Lipinski definition) is 3. The molecule has 0 aliphatic rings. The monoisotopic (exact) mass is 322 g/mol. The van der Waals surface area contributed by atoms with Crippen molar-refractivity contribution in [2.75, 3.05) is 13.2 Å². The van der Waals surface area contributed by atoms with Crippen molar-refractivity contribution in [3.63, 3.8) is 0 Å². The maximum absolute atomic E-state index is 6.40. The highest BCUT2D eigenvalue weighted by molar-refractivity contribution is 6.74. The van der Waals surface area contributed by atoms with E-state index in [9.17, 15) is 0 Å². The normalized spacial score (nSPS) is 14.1. The molecule has 0 aliphatic heterocycles. The summed E-state index contributed by atoms with van der Waals surface area (Å²) in [5.74, 6) is 0. The van der Waals surface area contributed by atoms with E-state index in [2.05, 4.69) is 63.2 Å². The summed E-state index contributed by atoms with van der Waals surface area (Å²) in [5, 5.41) is 3.87. The van der Waals surface area contributed by atoms with Gasteiger partial charge in [-0.1, -0.05) is 46.6 Å². The van der Waals surface area contributed by atoms with Crippen LogP contribution in [-0.4, -0.2) is 26.5 Å². The maximum Gasteiger partial charge on any atom is 0.192 e. The van der Waals surface area contributed by atoms with E-state index >= 15 is 0 Å². The van der Waals surface area contributed by atoms with Crippen LogP contribution in [-0.2, 0) is 4.43 Å². The molecule has 0 radical (unpaired) electrons. The highest BCUT2D eigenvalue weighted by atomic mass is 28.4. The highest BCUT2D eigenvalue weighted by Crippen LogP contribution is 2.37. The highest BCUT2D eigenvalue weighted by Gasteiger charge is 2.37. The summed E-state index contributed by atoms with van der Waals surface area (Å²) in [6.07, 6.45) is 5.59. The molecule has 22 heavy (non-hydrogen) atoms. The van der Waals surface area contributed by atoms with Crippen LogP contribution in [0.5, 0.6) is 0 Å². The minimum Gasteiger partial charge on any atom is -0.415 e. The lowest BCUT2D eigenvalue weighted by Gasteiger charge is -2.37. The van der Waals surface area contributed by atoms with Gasteiger partial charge in [-0.2, -0.15) is 0 Å². The van der Waals surface area contributed by atoms with Gasteiger partial charge in [-0.3, -0.25) is 4.98 Å². The van der Waals surface area contributed by atoms with Gasteiger partial charge in [0.15, 0.2) is 8.32 Å². The smallest absolute Gasteiger partial charge is 0.192 e.